The van der Waals surface area contributed by atoms with E-state index in [4.69, 9.17) is 5.11 Å². The van der Waals surface area contributed by atoms with Crippen LogP contribution in [0, 0.1) is 13.8 Å². The monoisotopic (exact) mass is 386 g/mol. The number of nitrogens with zero attached hydrogens (tertiary/aromatic N) is 2. The number of carboxylic acids is 1. The van der Waals surface area contributed by atoms with Gasteiger partial charge in [0.15, 0.2) is 0 Å². The molecule has 4 N–H and O–H groups in total. The Hall–Kier alpha value is -3.16. The van der Waals surface area contributed by atoms with E-state index in [0.29, 0.717) is 35.9 Å². The lowest BCUT2D eigenvalue weighted by molar-refractivity contribution is -0.139. The van der Waals surface area contributed by atoms with Gasteiger partial charge in [-0.3, -0.25) is 4.79 Å². The number of nitrogens with one attached hydrogen (secondary N) is 2. The molecule has 1 aromatic carbocycles. The summed E-state index contributed by atoms with van der Waals surface area (Å²) in [4.78, 5) is 32.2. The summed E-state index contributed by atoms with van der Waals surface area (Å²) in [6.45, 7) is 5.72. The normalized spacial score (nSPS) is 11.7. The van der Waals surface area contributed by atoms with Crippen molar-refractivity contribution in [2.75, 3.05) is 11.9 Å². The molecule has 8 nitrogen and oxygen atoms in total. The van der Waals surface area contributed by atoms with Crippen LogP contribution >= 0.6 is 0 Å². The fourth-order valence-corrected chi connectivity index (χ4v) is 2.90. The van der Waals surface area contributed by atoms with Crippen LogP contribution in [-0.2, 0) is 11.2 Å². The highest BCUT2D eigenvalue weighted by Crippen LogP contribution is 2.15. The highest BCUT2D eigenvalue weighted by Gasteiger charge is 2.22. The number of benzene rings is 1. The molecule has 2 aromatic rings. The SMILES string of the molecule is CC[C@H](NC(=O)c1c(C)nc(NCCCc2cccc(O)c2)nc1C)C(=O)O. The molecule has 0 saturated heterocycles. The molecule has 8 heteroatoms. The van der Waals surface area contributed by atoms with Crippen LogP contribution in [0.3, 0.4) is 0 Å². The number of amides is 1. The van der Waals surface area contributed by atoms with E-state index in [-0.39, 0.29) is 5.75 Å². The topological polar surface area (TPSA) is 124 Å². The van der Waals surface area contributed by atoms with Crippen LogP contribution in [0.2, 0.25) is 0 Å². The predicted octanol–water partition coefficient (Wildman–Crippen LogP) is 2.44. The smallest absolute Gasteiger partial charge is 0.326 e. The lowest BCUT2D eigenvalue weighted by Crippen LogP contribution is -2.41. The van der Waals surface area contributed by atoms with Crippen LogP contribution in [0.5, 0.6) is 5.75 Å². The minimum Gasteiger partial charge on any atom is -0.508 e. The molecule has 1 heterocycles. The fraction of sp³-hybridized carbons (Fsp3) is 0.400. The van der Waals surface area contributed by atoms with E-state index in [1.807, 2.05) is 12.1 Å². The molecule has 150 valence electrons. The Morgan fingerprint density at radius 2 is 1.86 bits per heavy atom. The van der Waals surface area contributed by atoms with Gasteiger partial charge in [0.05, 0.1) is 17.0 Å². The third-order valence-electron chi connectivity index (χ3n) is 4.35. The van der Waals surface area contributed by atoms with Gasteiger partial charge in [-0.25, -0.2) is 14.8 Å². The zero-order valence-corrected chi connectivity index (χ0v) is 16.3. The Labute approximate surface area is 164 Å². The van der Waals surface area contributed by atoms with E-state index in [2.05, 4.69) is 20.6 Å². The van der Waals surface area contributed by atoms with Crippen LogP contribution < -0.4 is 10.6 Å². The Balaban J connectivity index is 1.97. The maximum atomic E-state index is 12.4. The number of phenolic OH excluding ortho intramolecular Hbond substituents is 1. The van der Waals surface area contributed by atoms with Crippen LogP contribution in [0.15, 0.2) is 24.3 Å². The van der Waals surface area contributed by atoms with E-state index in [1.165, 1.54) is 0 Å². The van der Waals surface area contributed by atoms with Crippen molar-refractivity contribution in [1.82, 2.24) is 15.3 Å². The molecule has 0 fully saturated rings. The number of anilines is 1. The number of aromatic nitrogens is 2. The Morgan fingerprint density at radius 3 is 2.43 bits per heavy atom. The van der Waals surface area contributed by atoms with Crippen LogP contribution in [-0.4, -0.2) is 44.6 Å². The lowest BCUT2D eigenvalue weighted by Gasteiger charge is -2.15. The largest absolute Gasteiger partial charge is 0.508 e. The number of aryl methyl sites for hydroxylation is 3. The van der Waals surface area contributed by atoms with Gasteiger partial charge in [-0.1, -0.05) is 19.1 Å². The number of hydrogen-bond acceptors (Lipinski definition) is 6. The van der Waals surface area contributed by atoms with Gasteiger partial charge in [-0.2, -0.15) is 0 Å². The number of aliphatic carboxylic acids is 1. The first-order chi connectivity index (χ1) is 13.3. The van der Waals surface area contributed by atoms with Gasteiger partial charge in [0, 0.05) is 6.54 Å². The Kier molecular flexibility index (Phi) is 7.31. The van der Waals surface area contributed by atoms with Crippen molar-refractivity contribution in [3.8, 4) is 5.75 Å². The maximum Gasteiger partial charge on any atom is 0.326 e. The van der Waals surface area contributed by atoms with Gasteiger partial charge in [-0.05, 0) is 50.8 Å². The minimum atomic E-state index is -1.07. The molecular formula is C20H26N4O4. The van der Waals surface area contributed by atoms with Crippen molar-refractivity contribution in [2.45, 2.75) is 46.1 Å². The number of aromatic hydroxyl groups is 1. The average molecular weight is 386 g/mol. The molecule has 0 aliphatic heterocycles. The molecule has 28 heavy (non-hydrogen) atoms. The van der Waals surface area contributed by atoms with E-state index in [9.17, 15) is 14.7 Å². The van der Waals surface area contributed by atoms with Gasteiger partial charge in [0.25, 0.3) is 5.91 Å². The molecule has 1 amide bonds. The molecule has 0 unspecified atom stereocenters. The summed E-state index contributed by atoms with van der Waals surface area (Å²) in [6, 6.07) is 6.20. The highest BCUT2D eigenvalue weighted by atomic mass is 16.4. The summed E-state index contributed by atoms with van der Waals surface area (Å²) in [5.74, 6) is -0.883. The molecule has 1 aromatic heterocycles. The summed E-state index contributed by atoms with van der Waals surface area (Å²) in [6.07, 6.45) is 1.91. The van der Waals surface area contributed by atoms with Gasteiger partial charge in [0.1, 0.15) is 11.8 Å². The molecular weight excluding hydrogens is 360 g/mol. The van der Waals surface area contributed by atoms with Crippen molar-refractivity contribution in [2.24, 2.45) is 0 Å². The molecule has 2 rings (SSSR count). The van der Waals surface area contributed by atoms with Gasteiger partial charge in [-0.15, -0.1) is 0 Å². The first-order valence-electron chi connectivity index (χ1n) is 9.22. The third-order valence-corrected chi connectivity index (χ3v) is 4.35. The Bertz CT molecular complexity index is 831. The first-order valence-corrected chi connectivity index (χ1v) is 9.22. The fourth-order valence-electron chi connectivity index (χ4n) is 2.90. The van der Waals surface area contributed by atoms with E-state index < -0.39 is 17.9 Å². The molecule has 0 aliphatic carbocycles. The highest BCUT2D eigenvalue weighted by molar-refractivity contribution is 5.98. The summed E-state index contributed by atoms with van der Waals surface area (Å²) in [5.41, 5.74) is 2.32. The first kappa shape index (κ1) is 21.1. The Morgan fingerprint density at radius 1 is 1.18 bits per heavy atom. The molecule has 0 saturated carbocycles. The quantitative estimate of drug-likeness (QED) is 0.488. The third kappa shape index (κ3) is 5.67. The number of hydrogen-bond donors (Lipinski definition) is 4. The number of carbonyl (C=O) groups is 2. The van der Waals surface area contributed by atoms with Crippen molar-refractivity contribution in [3.63, 3.8) is 0 Å². The number of carbonyl (C=O) groups excluding carboxylic acids is 1. The molecule has 0 radical (unpaired) electrons. The maximum absolute atomic E-state index is 12.4. The van der Waals surface area contributed by atoms with E-state index >= 15 is 0 Å². The van der Waals surface area contributed by atoms with Gasteiger partial charge >= 0.3 is 5.97 Å². The molecule has 0 aliphatic rings. The van der Waals surface area contributed by atoms with Crippen LogP contribution in [0.1, 0.15) is 47.1 Å². The summed E-state index contributed by atoms with van der Waals surface area (Å²) >= 11 is 0. The van der Waals surface area contributed by atoms with Crippen LogP contribution in [0.4, 0.5) is 5.95 Å². The number of carboxylic acid groups (broad SMARTS) is 1. The van der Waals surface area contributed by atoms with Gasteiger partial charge in [0.2, 0.25) is 5.95 Å². The average Bonchev–Trinajstić information content (AvgIpc) is 2.62. The standard InChI is InChI=1S/C20H26N4O4/c1-4-16(19(27)28)24-18(26)17-12(2)22-20(23-13(17)3)21-10-6-8-14-7-5-9-15(25)11-14/h5,7,9,11,16,25H,4,6,8,10H2,1-3H3,(H,24,26)(H,27,28)(H,21,22,23)/t16-/m0/s1. The second kappa shape index (κ2) is 9.68. The van der Waals surface area contributed by atoms with E-state index in [0.717, 1.165) is 18.4 Å². The lowest BCUT2D eigenvalue weighted by atomic mass is 10.1. The number of phenols is 1. The zero-order chi connectivity index (χ0) is 20.7. The van der Waals surface area contributed by atoms with Crippen molar-refractivity contribution in [1.29, 1.82) is 0 Å². The molecule has 0 bridgehead atoms. The van der Waals surface area contributed by atoms with Gasteiger partial charge < -0.3 is 20.8 Å². The van der Waals surface area contributed by atoms with E-state index in [1.54, 1.807) is 32.9 Å². The summed E-state index contributed by atoms with van der Waals surface area (Å²) in [5, 5.41) is 24.2. The zero-order valence-electron chi connectivity index (χ0n) is 16.3. The molecule has 1 atom stereocenters. The van der Waals surface area contributed by atoms with Crippen molar-refractivity contribution >= 4 is 17.8 Å². The van der Waals surface area contributed by atoms with Crippen LogP contribution in [0.25, 0.3) is 0 Å². The molecule has 0 spiro atoms. The van der Waals surface area contributed by atoms with Crippen molar-refractivity contribution < 1.29 is 19.8 Å². The second-order valence-corrected chi connectivity index (χ2v) is 6.57. The summed E-state index contributed by atoms with van der Waals surface area (Å²) in [7, 11) is 0. The second-order valence-electron chi connectivity index (χ2n) is 6.57. The minimum absolute atomic E-state index is 0.252. The number of rotatable bonds is 9. The summed E-state index contributed by atoms with van der Waals surface area (Å²) < 4.78 is 0. The predicted molar refractivity (Wildman–Crippen MR) is 106 cm³/mol. The van der Waals surface area contributed by atoms with Crippen molar-refractivity contribution in [3.05, 3.63) is 46.8 Å².